The van der Waals surface area contributed by atoms with E-state index in [1.54, 1.807) is 0 Å². The molecule has 2 rings (SSSR count). The van der Waals surface area contributed by atoms with Gasteiger partial charge >= 0.3 is 6.09 Å². The molecule has 21 heavy (non-hydrogen) atoms. The molecule has 0 spiro atoms. The number of ether oxygens (including phenoxy) is 1. The first kappa shape index (κ1) is 15.7. The molecule has 1 amide bonds. The lowest BCUT2D eigenvalue weighted by Gasteiger charge is -2.31. The third kappa shape index (κ3) is 5.66. The second kappa shape index (κ2) is 6.83. The van der Waals surface area contributed by atoms with Crippen LogP contribution in [0.4, 0.5) is 10.5 Å². The van der Waals surface area contributed by atoms with E-state index in [9.17, 15) is 4.79 Å². The van der Waals surface area contributed by atoms with Gasteiger partial charge in [-0.3, -0.25) is 0 Å². The molecule has 2 N–H and O–H groups in total. The van der Waals surface area contributed by atoms with Crippen LogP contribution in [0.5, 0.6) is 0 Å². The summed E-state index contributed by atoms with van der Waals surface area (Å²) in [5.41, 5.74) is 0.695. The molecule has 1 aromatic carbocycles. The Kier molecular flexibility index (Phi) is 5.10. The Morgan fingerprint density at radius 3 is 2.48 bits per heavy atom. The van der Waals surface area contributed by atoms with Crippen LogP contribution < -0.4 is 10.6 Å². The molecule has 0 aromatic heterocycles. The molecular formula is C17H26N2O2. The quantitative estimate of drug-likeness (QED) is 0.886. The van der Waals surface area contributed by atoms with Crippen LogP contribution in [0.3, 0.4) is 0 Å². The van der Waals surface area contributed by atoms with Gasteiger partial charge in [-0.05, 0) is 58.6 Å². The fraction of sp³-hybridized carbons (Fsp3) is 0.588. The number of carbonyl (C=O) groups is 1. The predicted molar refractivity (Wildman–Crippen MR) is 85.5 cm³/mol. The second-order valence-corrected chi connectivity index (χ2v) is 6.72. The van der Waals surface area contributed by atoms with Crippen LogP contribution in [-0.4, -0.2) is 23.8 Å². The van der Waals surface area contributed by atoms with Crippen molar-refractivity contribution in [3.63, 3.8) is 0 Å². The third-order valence-electron chi connectivity index (χ3n) is 3.54. The van der Waals surface area contributed by atoms with E-state index in [0.717, 1.165) is 31.4 Å². The highest BCUT2D eigenvalue weighted by atomic mass is 16.6. The van der Waals surface area contributed by atoms with Gasteiger partial charge in [-0.2, -0.15) is 0 Å². The van der Waals surface area contributed by atoms with E-state index >= 15 is 0 Å². The van der Waals surface area contributed by atoms with Crippen molar-refractivity contribution in [2.24, 2.45) is 0 Å². The van der Waals surface area contributed by atoms with Crippen LogP contribution in [0.15, 0.2) is 30.3 Å². The average molecular weight is 290 g/mol. The highest BCUT2D eigenvalue weighted by molar-refractivity contribution is 5.68. The normalized spacial score (nSPS) is 22.4. The number of hydrogen-bond donors (Lipinski definition) is 2. The minimum absolute atomic E-state index is 0.190. The van der Waals surface area contributed by atoms with Gasteiger partial charge < -0.3 is 15.4 Å². The van der Waals surface area contributed by atoms with Crippen molar-refractivity contribution in [3.8, 4) is 0 Å². The monoisotopic (exact) mass is 290 g/mol. The van der Waals surface area contributed by atoms with E-state index in [1.165, 1.54) is 0 Å². The van der Waals surface area contributed by atoms with Gasteiger partial charge in [0, 0.05) is 17.8 Å². The third-order valence-corrected chi connectivity index (χ3v) is 3.54. The number of amides is 1. The summed E-state index contributed by atoms with van der Waals surface area (Å²) >= 11 is 0. The Morgan fingerprint density at radius 2 is 1.81 bits per heavy atom. The maximum Gasteiger partial charge on any atom is 0.407 e. The van der Waals surface area contributed by atoms with Gasteiger partial charge in [-0.25, -0.2) is 4.79 Å². The van der Waals surface area contributed by atoms with E-state index in [-0.39, 0.29) is 12.1 Å². The molecule has 0 unspecified atom stereocenters. The van der Waals surface area contributed by atoms with Gasteiger partial charge in [-0.15, -0.1) is 0 Å². The van der Waals surface area contributed by atoms with Crippen molar-refractivity contribution in [1.82, 2.24) is 5.32 Å². The van der Waals surface area contributed by atoms with Crippen molar-refractivity contribution in [2.45, 2.75) is 64.1 Å². The van der Waals surface area contributed by atoms with Gasteiger partial charge in [0.2, 0.25) is 0 Å². The maximum absolute atomic E-state index is 11.8. The molecule has 4 nitrogen and oxygen atoms in total. The van der Waals surface area contributed by atoms with Gasteiger partial charge in [0.1, 0.15) is 5.60 Å². The zero-order valence-corrected chi connectivity index (χ0v) is 13.2. The molecule has 0 heterocycles. The van der Waals surface area contributed by atoms with Crippen LogP contribution in [0.2, 0.25) is 0 Å². The Hall–Kier alpha value is -1.71. The second-order valence-electron chi connectivity index (χ2n) is 6.72. The molecule has 1 saturated carbocycles. The molecular weight excluding hydrogens is 264 g/mol. The Labute approximate surface area is 127 Å². The molecule has 1 aliphatic rings. The SMILES string of the molecule is CC(C)(C)OC(=O)N[C@@H]1CCC[C@H](Nc2ccccc2)C1. The molecule has 1 fully saturated rings. The van der Waals surface area contributed by atoms with Crippen molar-refractivity contribution in [2.75, 3.05) is 5.32 Å². The topological polar surface area (TPSA) is 50.4 Å². The van der Waals surface area contributed by atoms with Gasteiger partial charge in [0.25, 0.3) is 0 Å². The van der Waals surface area contributed by atoms with E-state index in [1.807, 2.05) is 39.0 Å². The minimum Gasteiger partial charge on any atom is -0.444 e. The number of nitrogens with one attached hydrogen (secondary N) is 2. The van der Waals surface area contributed by atoms with Gasteiger partial charge in [-0.1, -0.05) is 18.2 Å². The first-order chi connectivity index (χ1) is 9.92. The van der Waals surface area contributed by atoms with Crippen LogP contribution in [0.25, 0.3) is 0 Å². The van der Waals surface area contributed by atoms with Crippen molar-refractivity contribution in [3.05, 3.63) is 30.3 Å². The lowest BCUT2D eigenvalue weighted by molar-refractivity contribution is 0.0492. The highest BCUT2D eigenvalue weighted by Crippen LogP contribution is 2.22. The molecule has 0 bridgehead atoms. The number of benzene rings is 1. The smallest absolute Gasteiger partial charge is 0.407 e. The molecule has 1 aromatic rings. The summed E-state index contributed by atoms with van der Waals surface area (Å²) in [6.45, 7) is 5.65. The fourth-order valence-electron chi connectivity index (χ4n) is 2.70. The maximum atomic E-state index is 11.8. The van der Waals surface area contributed by atoms with Crippen molar-refractivity contribution < 1.29 is 9.53 Å². The highest BCUT2D eigenvalue weighted by Gasteiger charge is 2.25. The van der Waals surface area contributed by atoms with Crippen LogP contribution >= 0.6 is 0 Å². The summed E-state index contributed by atoms with van der Waals surface area (Å²) < 4.78 is 5.32. The number of rotatable bonds is 3. The van der Waals surface area contributed by atoms with E-state index in [4.69, 9.17) is 4.74 Å². The summed E-state index contributed by atoms with van der Waals surface area (Å²) in [7, 11) is 0. The number of para-hydroxylation sites is 1. The standard InChI is InChI=1S/C17H26N2O2/c1-17(2,3)21-16(20)19-15-11-7-10-14(12-15)18-13-8-5-4-6-9-13/h4-6,8-9,14-15,18H,7,10-12H2,1-3H3,(H,19,20)/t14-,15+/m0/s1. The summed E-state index contributed by atoms with van der Waals surface area (Å²) in [4.78, 5) is 11.8. The summed E-state index contributed by atoms with van der Waals surface area (Å²) in [6, 6.07) is 10.8. The minimum atomic E-state index is -0.444. The van der Waals surface area contributed by atoms with Crippen LogP contribution in [0.1, 0.15) is 46.5 Å². The average Bonchev–Trinajstić information content (AvgIpc) is 2.38. The van der Waals surface area contributed by atoms with Crippen LogP contribution in [-0.2, 0) is 4.74 Å². The zero-order chi connectivity index (χ0) is 15.3. The largest absolute Gasteiger partial charge is 0.444 e. The molecule has 116 valence electrons. The summed E-state index contributed by atoms with van der Waals surface area (Å²) in [5, 5.41) is 6.53. The molecule has 4 heteroatoms. The number of alkyl carbamates (subject to hydrolysis) is 1. The number of carbonyl (C=O) groups excluding carboxylic acids is 1. The molecule has 0 saturated heterocycles. The summed E-state index contributed by atoms with van der Waals surface area (Å²) in [6.07, 6.45) is 3.90. The number of hydrogen-bond acceptors (Lipinski definition) is 3. The van der Waals surface area contributed by atoms with Gasteiger partial charge in [0.15, 0.2) is 0 Å². The Morgan fingerprint density at radius 1 is 1.14 bits per heavy atom. The predicted octanol–water partition coefficient (Wildman–Crippen LogP) is 3.93. The molecule has 2 atom stereocenters. The van der Waals surface area contributed by atoms with Crippen molar-refractivity contribution >= 4 is 11.8 Å². The fourth-order valence-corrected chi connectivity index (χ4v) is 2.70. The summed E-state index contributed by atoms with van der Waals surface area (Å²) in [5.74, 6) is 0. The van der Waals surface area contributed by atoms with Crippen LogP contribution in [0, 0.1) is 0 Å². The lowest BCUT2D eigenvalue weighted by Crippen LogP contribution is -2.43. The molecule has 0 radical (unpaired) electrons. The van der Waals surface area contributed by atoms with E-state index in [0.29, 0.717) is 6.04 Å². The van der Waals surface area contributed by atoms with E-state index in [2.05, 4.69) is 22.8 Å². The first-order valence-electron chi connectivity index (χ1n) is 7.73. The molecule has 0 aliphatic heterocycles. The zero-order valence-electron chi connectivity index (χ0n) is 13.2. The Balaban J connectivity index is 1.82. The van der Waals surface area contributed by atoms with Crippen molar-refractivity contribution in [1.29, 1.82) is 0 Å². The number of anilines is 1. The molecule has 1 aliphatic carbocycles. The van der Waals surface area contributed by atoms with Gasteiger partial charge in [0.05, 0.1) is 0 Å². The lowest BCUT2D eigenvalue weighted by atomic mass is 9.91. The van der Waals surface area contributed by atoms with E-state index < -0.39 is 5.60 Å². The Bertz CT molecular complexity index is 454. The first-order valence-corrected chi connectivity index (χ1v) is 7.73.